The molecule has 0 radical (unpaired) electrons. The predicted octanol–water partition coefficient (Wildman–Crippen LogP) is 2.66. The van der Waals surface area contributed by atoms with Gasteiger partial charge in [0.05, 0.1) is 7.11 Å². The van der Waals surface area contributed by atoms with E-state index in [0.29, 0.717) is 12.5 Å². The lowest BCUT2D eigenvalue weighted by molar-refractivity contribution is 0.304. The van der Waals surface area contributed by atoms with Gasteiger partial charge in [0.25, 0.3) is 0 Å². The number of methoxy groups -OCH3 is 1. The first kappa shape index (κ1) is 14.8. The van der Waals surface area contributed by atoms with Gasteiger partial charge in [-0.2, -0.15) is 0 Å². The molecule has 21 heavy (non-hydrogen) atoms. The average molecular weight is 292 g/mol. The normalized spacial score (nSPS) is 25.9. The van der Waals surface area contributed by atoms with Crippen molar-refractivity contribution in [3.8, 4) is 5.75 Å². The minimum atomic E-state index is 0.0000198. The molecule has 116 valence electrons. The zero-order chi connectivity index (χ0) is 15.0. The van der Waals surface area contributed by atoms with Gasteiger partial charge in [-0.15, -0.1) is 0 Å². The summed E-state index contributed by atoms with van der Waals surface area (Å²) in [4.78, 5) is 2.23. The first-order chi connectivity index (χ1) is 10.2. The topological polar surface area (TPSA) is 38.5 Å². The molecule has 1 aromatic rings. The molecule has 1 fully saturated rings. The van der Waals surface area contributed by atoms with E-state index in [2.05, 4.69) is 11.9 Å². The van der Waals surface area contributed by atoms with Crippen molar-refractivity contribution >= 4 is 0 Å². The number of likely N-dealkylation sites (tertiary alicyclic amines) is 1. The molecular formula is C17H25FN2O. The Hall–Kier alpha value is -1.13. The maximum atomic E-state index is 15.0. The standard InChI is InChI=1S/C17H25FN2O/c1-20-10-11(9-19)7-15(20)14-8-16(21-2)12-5-3-4-6-13(12)17(14)18/h8,11,15H,3-7,9-10,19H2,1-2H3. The molecule has 2 atom stereocenters. The van der Waals surface area contributed by atoms with Crippen molar-refractivity contribution in [2.75, 3.05) is 27.2 Å². The average Bonchev–Trinajstić information content (AvgIpc) is 2.89. The van der Waals surface area contributed by atoms with Crippen molar-refractivity contribution in [2.24, 2.45) is 11.7 Å². The Morgan fingerprint density at radius 3 is 2.67 bits per heavy atom. The Morgan fingerprint density at radius 1 is 1.33 bits per heavy atom. The Kier molecular flexibility index (Phi) is 4.18. The fraction of sp³-hybridized carbons (Fsp3) is 0.647. The molecule has 0 saturated carbocycles. The molecule has 1 heterocycles. The smallest absolute Gasteiger partial charge is 0.131 e. The summed E-state index contributed by atoms with van der Waals surface area (Å²) in [5.41, 5.74) is 8.57. The van der Waals surface area contributed by atoms with E-state index in [1.54, 1.807) is 7.11 Å². The van der Waals surface area contributed by atoms with E-state index in [0.717, 1.165) is 61.1 Å². The summed E-state index contributed by atoms with van der Waals surface area (Å²) >= 11 is 0. The van der Waals surface area contributed by atoms with Gasteiger partial charge in [0.2, 0.25) is 0 Å². The number of nitrogens with zero attached hydrogens (tertiary/aromatic N) is 1. The molecule has 3 nitrogen and oxygen atoms in total. The summed E-state index contributed by atoms with van der Waals surface area (Å²) in [7, 11) is 3.75. The molecule has 0 bridgehead atoms. The van der Waals surface area contributed by atoms with Gasteiger partial charge < -0.3 is 10.5 Å². The van der Waals surface area contributed by atoms with Crippen molar-refractivity contribution in [3.63, 3.8) is 0 Å². The van der Waals surface area contributed by atoms with Gasteiger partial charge >= 0.3 is 0 Å². The summed E-state index contributed by atoms with van der Waals surface area (Å²) in [6, 6.07) is 2.05. The van der Waals surface area contributed by atoms with Gasteiger partial charge in [-0.05, 0) is 63.2 Å². The highest BCUT2D eigenvalue weighted by molar-refractivity contribution is 5.47. The summed E-state index contributed by atoms with van der Waals surface area (Å²) in [5.74, 6) is 1.33. The van der Waals surface area contributed by atoms with Crippen LogP contribution >= 0.6 is 0 Å². The van der Waals surface area contributed by atoms with Crippen LogP contribution in [0, 0.1) is 11.7 Å². The fourth-order valence-corrected chi connectivity index (χ4v) is 3.95. The van der Waals surface area contributed by atoms with Crippen LogP contribution in [0.4, 0.5) is 4.39 Å². The Balaban J connectivity index is 2.03. The molecule has 2 unspecified atom stereocenters. The van der Waals surface area contributed by atoms with Gasteiger partial charge in [-0.3, -0.25) is 4.90 Å². The molecule has 2 aliphatic rings. The third-order valence-electron chi connectivity index (χ3n) is 5.12. The summed E-state index contributed by atoms with van der Waals surface area (Å²) in [5, 5.41) is 0. The highest BCUT2D eigenvalue weighted by Gasteiger charge is 2.33. The van der Waals surface area contributed by atoms with Crippen molar-refractivity contribution in [2.45, 2.75) is 38.1 Å². The lowest BCUT2D eigenvalue weighted by Gasteiger charge is -2.26. The van der Waals surface area contributed by atoms with Crippen molar-refractivity contribution < 1.29 is 9.13 Å². The number of benzene rings is 1. The molecule has 0 spiro atoms. The monoisotopic (exact) mass is 292 g/mol. The highest BCUT2D eigenvalue weighted by atomic mass is 19.1. The second-order valence-corrected chi connectivity index (χ2v) is 6.44. The van der Waals surface area contributed by atoms with Gasteiger partial charge in [0.15, 0.2) is 0 Å². The predicted molar refractivity (Wildman–Crippen MR) is 82.1 cm³/mol. The van der Waals surface area contributed by atoms with Crippen LogP contribution in [-0.2, 0) is 12.8 Å². The fourth-order valence-electron chi connectivity index (χ4n) is 3.95. The number of hydrogen-bond donors (Lipinski definition) is 1. The van der Waals surface area contributed by atoms with Crippen LogP contribution in [0.25, 0.3) is 0 Å². The molecule has 4 heteroatoms. The van der Waals surface area contributed by atoms with Crippen molar-refractivity contribution in [1.29, 1.82) is 0 Å². The molecule has 0 amide bonds. The SMILES string of the molecule is COc1cc(C2CC(CN)CN2C)c(F)c2c1CCCC2. The van der Waals surface area contributed by atoms with Crippen LogP contribution in [0.2, 0.25) is 0 Å². The summed E-state index contributed by atoms with van der Waals surface area (Å²) in [6.07, 6.45) is 4.90. The number of fused-ring (bicyclic) bond motifs is 1. The number of hydrogen-bond acceptors (Lipinski definition) is 3. The van der Waals surface area contributed by atoms with E-state index in [1.165, 1.54) is 0 Å². The van der Waals surface area contributed by atoms with E-state index in [-0.39, 0.29) is 11.9 Å². The number of rotatable bonds is 3. The molecule has 1 aliphatic carbocycles. The molecule has 1 saturated heterocycles. The van der Waals surface area contributed by atoms with E-state index >= 15 is 4.39 Å². The molecule has 1 aliphatic heterocycles. The van der Waals surface area contributed by atoms with Gasteiger partial charge in [0.1, 0.15) is 11.6 Å². The van der Waals surface area contributed by atoms with Crippen LogP contribution in [-0.4, -0.2) is 32.1 Å². The van der Waals surface area contributed by atoms with Gasteiger partial charge in [-0.1, -0.05) is 0 Å². The second-order valence-electron chi connectivity index (χ2n) is 6.44. The van der Waals surface area contributed by atoms with Crippen molar-refractivity contribution in [1.82, 2.24) is 4.90 Å². The molecule has 3 rings (SSSR count). The van der Waals surface area contributed by atoms with Crippen LogP contribution in [0.3, 0.4) is 0 Å². The van der Waals surface area contributed by atoms with E-state index in [1.807, 2.05) is 6.07 Å². The van der Waals surface area contributed by atoms with Crippen molar-refractivity contribution in [3.05, 3.63) is 28.6 Å². The maximum Gasteiger partial charge on any atom is 0.131 e. The Morgan fingerprint density at radius 2 is 2.05 bits per heavy atom. The molecule has 0 aromatic heterocycles. The highest BCUT2D eigenvalue weighted by Crippen LogP contribution is 2.41. The van der Waals surface area contributed by atoms with Gasteiger partial charge in [0, 0.05) is 23.7 Å². The van der Waals surface area contributed by atoms with Crippen LogP contribution in [0.5, 0.6) is 5.75 Å². The molecule has 1 aromatic carbocycles. The minimum absolute atomic E-state index is 0.0000198. The van der Waals surface area contributed by atoms with E-state index < -0.39 is 0 Å². The van der Waals surface area contributed by atoms with E-state index in [4.69, 9.17) is 10.5 Å². The summed E-state index contributed by atoms with van der Waals surface area (Å²) < 4.78 is 20.6. The quantitative estimate of drug-likeness (QED) is 0.931. The number of ether oxygens (including phenoxy) is 1. The number of halogens is 1. The largest absolute Gasteiger partial charge is 0.496 e. The molecule has 2 N–H and O–H groups in total. The number of nitrogens with two attached hydrogens (primary N) is 1. The Bertz CT molecular complexity index is 532. The first-order valence-corrected chi connectivity index (χ1v) is 7.94. The zero-order valence-corrected chi connectivity index (χ0v) is 13.0. The van der Waals surface area contributed by atoms with Crippen LogP contribution < -0.4 is 10.5 Å². The summed E-state index contributed by atoms with van der Waals surface area (Å²) in [6.45, 7) is 1.62. The maximum absolute atomic E-state index is 15.0. The van der Waals surface area contributed by atoms with Crippen LogP contribution in [0.1, 0.15) is 42.0 Å². The zero-order valence-electron chi connectivity index (χ0n) is 13.0. The lowest BCUT2D eigenvalue weighted by atomic mass is 9.86. The third kappa shape index (κ3) is 2.55. The second kappa shape index (κ2) is 5.93. The first-order valence-electron chi connectivity index (χ1n) is 7.94. The third-order valence-corrected chi connectivity index (χ3v) is 5.12. The van der Waals surface area contributed by atoms with Gasteiger partial charge in [-0.25, -0.2) is 4.39 Å². The lowest BCUT2D eigenvalue weighted by Crippen LogP contribution is -2.22. The molecular weight excluding hydrogens is 267 g/mol. The minimum Gasteiger partial charge on any atom is -0.496 e. The van der Waals surface area contributed by atoms with Crippen LogP contribution in [0.15, 0.2) is 6.07 Å². The Labute approximate surface area is 126 Å². The van der Waals surface area contributed by atoms with E-state index in [9.17, 15) is 0 Å².